The van der Waals surface area contributed by atoms with Gasteiger partial charge in [-0.05, 0) is 69.5 Å². The van der Waals surface area contributed by atoms with E-state index in [2.05, 4.69) is 24.1 Å². The number of hydrogen-bond acceptors (Lipinski definition) is 4. The third kappa shape index (κ3) is 6.82. The van der Waals surface area contributed by atoms with Crippen LogP contribution in [0.25, 0.3) is 0 Å². The number of amides is 1. The van der Waals surface area contributed by atoms with Crippen molar-refractivity contribution in [2.24, 2.45) is 5.92 Å². The number of rotatable bonds is 10. The van der Waals surface area contributed by atoms with Crippen LogP contribution in [-0.4, -0.2) is 49.8 Å². The van der Waals surface area contributed by atoms with E-state index in [1.807, 2.05) is 31.2 Å². The minimum Gasteiger partial charge on any atom is -0.492 e. The van der Waals surface area contributed by atoms with Gasteiger partial charge in [-0.25, -0.2) is 0 Å². The number of benzene rings is 1. The number of ether oxygens (including phenoxy) is 2. The van der Waals surface area contributed by atoms with Crippen LogP contribution in [0.2, 0.25) is 0 Å². The van der Waals surface area contributed by atoms with Gasteiger partial charge in [-0.3, -0.25) is 9.69 Å². The number of piperidine rings is 1. The minimum atomic E-state index is -0.795. The molecule has 1 heterocycles. The average Bonchev–Trinajstić information content (AvgIpc) is 2.69. The highest BCUT2D eigenvalue weighted by Crippen LogP contribution is 2.22. The highest BCUT2D eigenvalue weighted by molar-refractivity contribution is 5.97. The number of likely N-dealkylation sites (tertiary alicyclic amines) is 1. The zero-order chi connectivity index (χ0) is 19.7. The predicted molar refractivity (Wildman–Crippen MR) is 110 cm³/mol. The number of hydrogen-bond donors (Lipinski definition) is 1. The summed E-state index contributed by atoms with van der Waals surface area (Å²) in [5.41, 5.74) is -0.0333. The second kappa shape index (κ2) is 10.7. The van der Waals surface area contributed by atoms with E-state index in [1.165, 1.54) is 25.9 Å². The van der Waals surface area contributed by atoms with Crippen molar-refractivity contribution in [1.29, 1.82) is 0 Å². The lowest BCUT2D eigenvalue weighted by Crippen LogP contribution is -2.41. The van der Waals surface area contributed by atoms with Gasteiger partial charge in [0, 0.05) is 19.3 Å². The SMILES string of the molecule is CCCC[C@@](C)(OC)C(=O)Nc1ccc(OCCN2CCC(C)CC2)cc1. The first-order valence-corrected chi connectivity index (χ1v) is 10.3. The van der Waals surface area contributed by atoms with E-state index in [0.717, 1.165) is 36.7 Å². The van der Waals surface area contributed by atoms with Crippen molar-refractivity contribution < 1.29 is 14.3 Å². The number of nitrogens with one attached hydrogen (secondary N) is 1. The van der Waals surface area contributed by atoms with E-state index in [0.29, 0.717) is 13.0 Å². The summed E-state index contributed by atoms with van der Waals surface area (Å²) in [5.74, 6) is 1.58. The highest BCUT2D eigenvalue weighted by atomic mass is 16.5. The van der Waals surface area contributed by atoms with E-state index in [-0.39, 0.29) is 5.91 Å². The van der Waals surface area contributed by atoms with Crippen LogP contribution in [0.4, 0.5) is 5.69 Å². The Bertz CT molecular complexity index is 567. The lowest BCUT2D eigenvalue weighted by molar-refractivity contribution is -0.136. The fraction of sp³-hybridized carbons (Fsp3) is 0.682. The van der Waals surface area contributed by atoms with E-state index >= 15 is 0 Å². The summed E-state index contributed by atoms with van der Waals surface area (Å²) in [6, 6.07) is 7.57. The maximum absolute atomic E-state index is 12.6. The van der Waals surface area contributed by atoms with E-state index in [4.69, 9.17) is 9.47 Å². The Balaban J connectivity index is 1.78. The minimum absolute atomic E-state index is 0.105. The van der Waals surface area contributed by atoms with E-state index in [9.17, 15) is 4.79 Å². The molecule has 1 aliphatic rings. The van der Waals surface area contributed by atoms with E-state index < -0.39 is 5.60 Å². The Labute approximate surface area is 164 Å². The van der Waals surface area contributed by atoms with Gasteiger partial charge in [0.15, 0.2) is 0 Å². The molecule has 1 N–H and O–H groups in total. The third-order valence-corrected chi connectivity index (χ3v) is 5.60. The van der Waals surface area contributed by atoms with Crippen molar-refractivity contribution in [3.05, 3.63) is 24.3 Å². The number of carbonyl (C=O) groups is 1. The van der Waals surface area contributed by atoms with Crippen molar-refractivity contribution in [3.8, 4) is 5.75 Å². The lowest BCUT2D eigenvalue weighted by Gasteiger charge is -2.29. The Hall–Kier alpha value is -1.59. The first kappa shape index (κ1) is 21.7. The molecule has 27 heavy (non-hydrogen) atoms. The quantitative estimate of drug-likeness (QED) is 0.660. The second-order valence-corrected chi connectivity index (χ2v) is 7.89. The molecule has 1 aromatic carbocycles. The van der Waals surface area contributed by atoms with Crippen molar-refractivity contribution in [1.82, 2.24) is 4.90 Å². The van der Waals surface area contributed by atoms with Crippen molar-refractivity contribution >= 4 is 11.6 Å². The molecule has 5 nitrogen and oxygen atoms in total. The summed E-state index contributed by atoms with van der Waals surface area (Å²) in [4.78, 5) is 15.0. The van der Waals surface area contributed by atoms with Gasteiger partial charge in [0.2, 0.25) is 0 Å². The summed E-state index contributed by atoms with van der Waals surface area (Å²) in [6.07, 6.45) is 5.28. The fourth-order valence-electron chi connectivity index (χ4n) is 3.30. The van der Waals surface area contributed by atoms with Crippen molar-refractivity contribution in [2.75, 3.05) is 38.7 Å². The maximum Gasteiger partial charge on any atom is 0.256 e. The molecule has 1 atom stereocenters. The van der Waals surface area contributed by atoms with Gasteiger partial charge in [-0.2, -0.15) is 0 Å². The van der Waals surface area contributed by atoms with Crippen LogP contribution >= 0.6 is 0 Å². The molecule has 0 spiro atoms. The zero-order valence-electron chi connectivity index (χ0n) is 17.4. The Kier molecular flexibility index (Phi) is 8.58. The van der Waals surface area contributed by atoms with Crippen LogP contribution in [0, 0.1) is 5.92 Å². The topological polar surface area (TPSA) is 50.8 Å². The van der Waals surface area contributed by atoms with Gasteiger partial charge in [-0.1, -0.05) is 26.7 Å². The largest absolute Gasteiger partial charge is 0.492 e. The molecular weight excluding hydrogens is 340 g/mol. The van der Waals surface area contributed by atoms with Crippen LogP contribution < -0.4 is 10.1 Å². The summed E-state index contributed by atoms with van der Waals surface area (Å²) in [6.45, 7) is 10.3. The molecule has 0 bridgehead atoms. The molecule has 0 aromatic heterocycles. The maximum atomic E-state index is 12.6. The molecule has 1 amide bonds. The zero-order valence-corrected chi connectivity index (χ0v) is 17.4. The standard InChI is InChI=1S/C22H36N2O3/c1-5-6-13-22(3,26-4)21(25)23-19-7-9-20(10-8-19)27-17-16-24-14-11-18(2)12-15-24/h7-10,18H,5-6,11-17H2,1-4H3,(H,23,25)/t22-/m1/s1. The van der Waals surface area contributed by atoms with Crippen LogP contribution in [-0.2, 0) is 9.53 Å². The van der Waals surface area contributed by atoms with E-state index in [1.54, 1.807) is 7.11 Å². The van der Waals surface area contributed by atoms with Crippen molar-refractivity contribution in [2.45, 2.75) is 58.5 Å². The molecule has 1 fully saturated rings. The van der Waals surface area contributed by atoms with Crippen LogP contribution in [0.15, 0.2) is 24.3 Å². The molecule has 2 rings (SSSR count). The number of nitrogens with zero attached hydrogens (tertiary/aromatic N) is 1. The summed E-state index contributed by atoms with van der Waals surface area (Å²) >= 11 is 0. The first-order chi connectivity index (χ1) is 13.0. The van der Waals surface area contributed by atoms with Crippen LogP contribution in [0.5, 0.6) is 5.75 Å². The summed E-state index contributed by atoms with van der Waals surface area (Å²) in [5, 5.41) is 2.95. The number of unbranched alkanes of at least 4 members (excludes halogenated alkanes) is 1. The Morgan fingerprint density at radius 2 is 1.93 bits per heavy atom. The third-order valence-electron chi connectivity index (χ3n) is 5.60. The first-order valence-electron chi connectivity index (χ1n) is 10.3. The highest BCUT2D eigenvalue weighted by Gasteiger charge is 2.32. The van der Waals surface area contributed by atoms with Gasteiger partial charge in [0.1, 0.15) is 18.0 Å². The molecule has 1 saturated heterocycles. The van der Waals surface area contributed by atoms with Gasteiger partial charge in [0.05, 0.1) is 0 Å². The molecule has 1 aromatic rings. The normalized spacial score (nSPS) is 18.1. The summed E-state index contributed by atoms with van der Waals surface area (Å²) < 4.78 is 11.3. The summed E-state index contributed by atoms with van der Waals surface area (Å²) in [7, 11) is 1.59. The second-order valence-electron chi connectivity index (χ2n) is 7.89. The molecule has 0 radical (unpaired) electrons. The molecule has 0 unspecified atom stereocenters. The number of methoxy groups -OCH3 is 1. The van der Waals surface area contributed by atoms with Gasteiger partial charge < -0.3 is 14.8 Å². The van der Waals surface area contributed by atoms with Gasteiger partial charge in [0.25, 0.3) is 5.91 Å². The fourth-order valence-corrected chi connectivity index (χ4v) is 3.30. The Morgan fingerprint density at radius 3 is 2.52 bits per heavy atom. The smallest absolute Gasteiger partial charge is 0.256 e. The monoisotopic (exact) mass is 376 g/mol. The Morgan fingerprint density at radius 1 is 1.26 bits per heavy atom. The molecule has 0 aliphatic carbocycles. The number of anilines is 1. The van der Waals surface area contributed by atoms with Crippen LogP contribution in [0.1, 0.15) is 52.9 Å². The molecule has 0 saturated carbocycles. The molecule has 152 valence electrons. The lowest BCUT2D eigenvalue weighted by atomic mass is 9.97. The molecular formula is C22H36N2O3. The predicted octanol–water partition coefficient (Wildman–Crippen LogP) is 4.33. The average molecular weight is 377 g/mol. The van der Waals surface area contributed by atoms with Gasteiger partial charge >= 0.3 is 0 Å². The van der Waals surface area contributed by atoms with Gasteiger partial charge in [-0.15, -0.1) is 0 Å². The number of carbonyl (C=O) groups excluding carboxylic acids is 1. The van der Waals surface area contributed by atoms with Crippen molar-refractivity contribution in [3.63, 3.8) is 0 Å². The van der Waals surface area contributed by atoms with Crippen LogP contribution in [0.3, 0.4) is 0 Å². The molecule has 1 aliphatic heterocycles. The molecule has 5 heteroatoms.